The van der Waals surface area contributed by atoms with Gasteiger partial charge in [0, 0.05) is 19.3 Å². The molecule has 0 bridgehead atoms. The second-order valence-corrected chi connectivity index (χ2v) is 6.85. The van der Waals surface area contributed by atoms with E-state index in [0.29, 0.717) is 23.0 Å². The minimum Gasteiger partial charge on any atom is -0.495 e. The zero-order valence-electron chi connectivity index (χ0n) is 16.9. The summed E-state index contributed by atoms with van der Waals surface area (Å²) in [6, 6.07) is 11.3. The highest BCUT2D eigenvalue weighted by molar-refractivity contribution is 5.99. The standard InChI is InChI=1S/C21H28N4O2.2ClH/c1-22-13-9-16-10-14-25(15-11-16)21(26)17-6-5-12-23-20(17)24-18-7-3-4-8-19(18)27-2;;/h3-8,12,16,22H,9-11,13-15H2,1-2H3,(H,23,24);2*1H. The monoisotopic (exact) mass is 440 g/mol. The van der Waals surface area contributed by atoms with E-state index in [9.17, 15) is 4.79 Å². The van der Waals surface area contributed by atoms with E-state index in [1.165, 1.54) is 6.42 Å². The van der Waals surface area contributed by atoms with Gasteiger partial charge in [-0.2, -0.15) is 0 Å². The smallest absolute Gasteiger partial charge is 0.257 e. The minimum atomic E-state index is 0. The number of piperidine rings is 1. The molecule has 6 nitrogen and oxygen atoms in total. The van der Waals surface area contributed by atoms with Gasteiger partial charge in [-0.05, 0) is 63.0 Å². The van der Waals surface area contributed by atoms with Gasteiger partial charge in [0.1, 0.15) is 11.6 Å². The number of aromatic nitrogens is 1. The van der Waals surface area contributed by atoms with Crippen LogP contribution in [0.1, 0.15) is 29.6 Å². The van der Waals surface area contributed by atoms with Crippen LogP contribution in [0.2, 0.25) is 0 Å². The summed E-state index contributed by atoms with van der Waals surface area (Å²) in [7, 11) is 3.61. The Labute approximate surface area is 185 Å². The van der Waals surface area contributed by atoms with E-state index in [4.69, 9.17) is 4.74 Å². The maximum absolute atomic E-state index is 13.1. The molecule has 0 aliphatic carbocycles. The molecule has 2 heterocycles. The Bertz CT molecular complexity index is 768. The van der Waals surface area contributed by atoms with Crippen LogP contribution >= 0.6 is 24.8 Å². The second-order valence-electron chi connectivity index (χ2n) is 6.85. The average molecular weight is 441 g/mol. The number of halogens is 2. The maximum atomic E-state index is 13.1. The molecule has 1 aromatic heterocycles. The Hall–Kier alpha value is -2.02. The number of nitrogens with one attached hydrogen (secondary N) is 2. The molecular weight excluding hydrogens is 411 g/mol. The minimum absolute atomic E-state index is 0. The number of ether oxygens (including phenoxy) is 1. The van der Waals surface area contributed by atoms with Crippen molar-refractivity contribution >= 4 is 42.2 Å². The number of pyridine rings is 1. The van der Waals surface area contributed by atoms with Crippen LogP contribution in [0.25, 0.3) is 0 Å². The summed E-state index contributed by atoms with van der Waals surface area (Å²) in [5, 5.41) is 6.46. The van der Waals surface area contributed by atoms with Crippen molar-refractivity contribution in [3.05, 3.63) is 48.2 Å². The molecule has 0 radical (unpaired) electrons. The lowest BCUT2D eigenvalue weighted by Gasteiger charge is -2.32. The summed E-state index contributed by atoms with van der Waals surface area (Å²) in [5.74, 6) is 2.00. The third-order valence-electron chi connectivity index (χ3n) is 5.10. The van der Waals surface area contributed by atoms with Gasteiger partial charge in [0.15, 0.2) is 0 Å². The van der Waals surface area contributed by atoms with E-state index < -0.39 is 0 Å². The van der Waals surface area contributed by atoms with Gasteiger partial charge < -0.3 is 20.3 Å². The lowest BCUT2D eigenvalue weighted by molar-refractivity contribution is 0.0688. The number of amides is 1. The first kappa shape index (κ1) is 25.0. The number of hydrogen-bond donors (Lipinski definition) is 2. The van der Waals surface area contributed by atoms with Crippen molar-refractivity contribution < 1.29 is 9.53 Å². The van der Waals surface area contributed by atoms with E-state index in [-0.39, 0.29) is 30.7 Å². The third kappa shape index (κ3) is 6.49. The normalized spacial score (nSPS) is 13.8. The molecule has 0 spiro atoms. The van der Waals surface area contributed by atoms with Crippen LogP contribution in [0.4, 0.5) is 11.5 Å². The Morgan fingerprint density at radius 3 is 2.59 bits per heavy atom. The Morgan fingerprint density at radius 2 is 1.90 bits per heavy atom. The van der Waals surface area contributed by atoms with E-state index in [2.05, 4.69) is 15.6 Å². The van der Waals surface area contributed by atoms with E-state index in [0.717, 1.165) is 38.2 Å². The van der Waals surface area contributed by atoms with Crippen LogP contribution in [-0.2, 0) is 0 Å². The first-order valence-electron chi connectivity index (χ1n) is 9.52. The van der Waals surface area contributed by atoms with Gasteiger partial charge >= 0.3 is 0 Å². The molecule has 1 fully saturated rings. The number of hydrogen-bond acceptors (Lipinski definition) is 5. The molecule has 0 unspecified atom stereocenters. The van der Waals surface area contributed by atoms with Crippen molar-refractivity contribution in [3.8, 4) is 5.75 Å². The SMILES string of the molecule is CNCCC1CCN(C(=O)c2cccnc2Nc2ccccc2OC)CC1.Cl.Cl. The molecule has 3 rings (SSSR count). The number of likely N-dealkylation sites (tertiary alicyclic amines) is 1. The van der Waals surface area contributed by atoms with Gasteiger partial charge in [0.2, 0.25) is 0 Å². The molecule has 1 aliphatic heterocycles. The molecule has 1 amide bonds. The van der Waals surface area contributed by atoms with Crippen LogP contribution in [0.5, 0.6) is 5.75 Å². The fourth-order valence-corrected chi connectivity index (χ4v) is 3.50. The first-order valence-corrected chi connectivity index (χ1v) is 9.52. The van der Waals surface area contributed by atoms with Gasteiger partial charge in [-0.25, -0.2) is 4.98 Å². The summed E-state index contributed by atoms with van der Waals surface area (Å²) >= 11 is 0. The van der Waals surface area contributed by atoms with Gasteiger partial charge in [-0.1, -0.05) is 12.1 Å². The maximum Gasteiger partial charge on any atom is 0.257 e. The number of carbonyl (C=O) groups excluding carboxylic acids is 1. The van der Waals surface area contributed by atoms with Crippen LogP contribution < -0.4 is 15.4 Å². The summed E-state index contributed by atoms with van der Waals surface area (Å²) in [6.07, 6.45) is 4.98. The molecule has 8 heteroatoms. The van der Waals surface area contributed by atoms with Crippen LogP contribution in [-0.4, -0.2) is 49.6 Å². The molecule has 1 aromatic carbocycles. The summed E-state index contributed by atoms with van der Waals surface area (Å²) in [5.41, 5.74) is 1.38. The highest BCUT2D eigenvalue weighted by Gasteiger charge is 2.25. The zero-order chi connectivity index (χ0) is 19.1. The second kappa shape index (κ2) is 12.5. The van der Waals surface area contributed by atoms with Crippen LogP contribution in [0, 0.1) is 5.92 Å². The lowest BCUT2D eigenvalue weighted by Crippen LogP contribution is -2.39. The molecule has 2 aromatic rings. The largest absolute Gasteiger partial charge is 0.495 e. The highest BCUT2D eigenvalue weighted by Crippen LogP contribution is 2.29. The van der Waals surface area contributed by atoms with Crippen molar-refractivity contribution in [2.24, 2.45) is 5.92 Å². The Balaban J connectivity index is 0.00000210. The highest BCUT2D eigenvalue weighted by atomic mass is 35.5. The average Bonchev–Trinajstić information content (AvgIpc) is 2.73. The molecule has 160 valence electrons. The summed E-state index contributed by atoms with van der Waals surface area (Å²) in [4.78, 5) is 19.4. The van der Waals surface area contributed by atoms with Crippen molar-refractivity contribution in [2.45, 2.75) is 19.3 Å². The van der Waals surface area contributed by atoms with E-state index in [1.807, 2.05) is 42.3 Å². The first-order chi connectivity index (χ1) is 13.2. The van der Waals surface area contributed by atoms with Crippen molar-refractivity contribution in [2.75, 3.05) is 39.1 Å². The molecule has 29 heavy (non-hydrogen) atoms. The Kier molecular flexibility index (Phi) is 10.8. The van der Waals surface area contributed by atoms with Crippen LogP contribution in [0.3, 0.4) is 0 Å². The van der Waals surface area contributed by atoms with E-state index in [1.54, 1.807) is 19.4 Å². The number of benzene rings is 1. The number of rotatable bonds is 7. The fraction of sp³-hybridized carbons (Fsp3) is 0.429. The zero-order valence-corrected chi connectivity index (χ0v) is 18.5. The van der Waals surface area contributed by atoms with Gasteiger partial charge in [-0.3, -0.25) is 4.79 Å². The van der Waals surface area contributed by atoms with Crippen molar-refractivity contribution in [1.82, 2.24) is 15.2 Å². The molecule has 1 saturated heterocycles. The lowest BCUT2D eigenvalue weighted by atomic mass is 9.93. The van der Waals surface area contributed by atoms with Gasteiger partial charge in [0.25, 0.3) is 5.91 Å². The number of carbonyl (C=O) groups is 1. The molecular formula is C21H30Cl2N4O2. The summed E-state index contributed by atoms with van der Waals surface area (Å²) < 4.78 is 5.39. The third-order valence-corrected chi connectivity index (χ3v) is 5.10. The number of nitrogens with zero attached hydrogens (tertiary/aromatic N) is 2. The predicted octanol–water partition coefficient (Wildman–Crippen LogP) is 4.14. The molecule has 2 N–H and O–H groups in total. The Morgan fingerprint density at radius 1 is 1.17 bits per heavy atom. The molecule has 0 atom stereocenters. The fourth-order valence-electron chi connectivity index (χ4n) is 3.50. The molecule has 0 saturated carbocycles. The van der Waals surface area contributed by atoms with E-state index >= 15 is 0 Å². The summed E-state index contributed by atoms with van der Waals surface area (Å²) in [6.45, 7) is 2.64. The number of para-hydroxylation sites is 2. The quantitative estimate of drug-likeness (QED) is 0.676. The predicted molar refractivity (Wildman–Crippen MR) is 122 cm³/mol. The van der Waals surface area contributed by atoms with Crippen LogP contribution in [0.15, 0.2) is 42.6 Å². The number of anilines is 2. The number of methoxy groups -OCH3 is 1. The van der Waals surface area contributed by atoms with Crippen molar-refractivity contribution in [3.63, 3.8) is 0 Å². The molecule has 1 aliphatic rings. The van der Waals surface area contributed by atoms with Crippen molar-refractivity contribution in [1.29, 1.82) is 0 Å². The van der Waals surface area contributed by atoms with Gasteiger partial charge in [-0.15, -0.1) is 24.8 Å². The van der Waals surface area contributed by atoms with Gasteiger partial charge in [0.05, 0.1) is 18.4 Å². The topological polar surface area (TPSA) is 66.5 Å².